The number of aliphatic carboxylic acids is 1. The van der Waals surface area contributed by atoms with Gasteiger partial charge in [0.25, 0.3) is 0 Å². The summed E-state index contributed by atoms with van der Waals surface area (Å²) in [4.78, 5) is 11.2. The van der Waals surface area contributed by atoms with Crippen molar-refractivity contribution in [1.82, 2.24) is 5.32 Å². The first kappa shape index (κ1) is 12.9. The van der Waals surface area contributed by atoms with Crippen molar-refractivity contribution in [1.29, 1.82) is 0 Å². The second kappa shape index (κ2) is 4.63. The van der Waals surface area contributed by atoms with Crippen molar-refractivity contribution in [2.45, 2.75) is 30.0 Å². The van der Waals surface area contributed by atoms with Crippen LogP contribution in [0, 0.1) is 0 Å². The molecule has 0 bridgehead atoms. The van der Waals surface area contributed by atoms with Gasteiger partial charge in [0.05, 0.1) is 5.37 Å². The van der Waals surface area contributed by atoms with Crippen molar-refractivity contribution >= 4 is 33.7 Å². The highest BCUT2D eigenvalue weighted by atomic mass is 79.9. The first-order chi connectivity index (χ1) is 7.90. The molecule has 0 aliphatic carbocycles. The van der Waals surface area contributed by atoms with E-state index in [-0.39, 0.29) is 10.1 Å². The van der Waals surface area contributed by atoms with E-state index in [1.54, 1.807) is 11.8 Å². The number of benzene rings is 1. The lowest BCUT2D eigenvalue weighted by Gasteiger charge is -2.20. The Morgan fingerprint density at radius 3 is 2.47 bits per heavy atom. The van der Waals surface area contributed by atoms with Crippen LogP contribution < -0.4 is 5.32 Å². The van der Waals surface area contributed by atoms with Gasteiger partial charge in [0.2, 0.25) is 0 Å². The summed E-state index contributed by atoms with van der Waals surface area (Å²) in [6.07, 6.45) is 0. The minimum absolute atomic E-state index is 0.0409. The molecular weight excluding hydrogens is 302 g/mol. The molecule has 0 spiro atoms. The smallest absolute Gasteiger partial charge is 0.322 e. The maximum Gasteiger partial charge on any atom is 0.322 e. The predicted molar refractivity (Wildman–Crippen MR) is 73.1 cm³/mol. The fourth-order valence-electron chi connectivity index (χ4n) is 1.93. The van der Waals surface area contributed by atoms with Gasteiger partial charge in [-0.1, -0.05) is 28.1 Å². The van der Waals surface area contributed by atoms with Crippen molar-refractivity contribution in [2.24, 2.45) is 0 Å². The Bertz CT molecular complexity index is 433. The Hall–Kier alpha value is -0.520. The van der Waals surface area contributed by atoms with Gasteiger partial charge in [-0.25, -0.2) is 0 Å². The summed E-state index contributed by atoms with van der Waals surface area (Å²) < 4.78 is 0.724. The topological polar surface area (TPSA) is 49.3 Å². The lowest BCUT2D eigenvalue weighted by atomic mass is 10.0. The molecule has 0 radical (unpaired) electrons. The maximum absolute atomic E-state index is 11.2. The van der Waals surface area contributed by atoms with Crippen molar-refractivity contribution in [3.63, 3.8) is 0 Å². The van der Waals surface area contributed by atoms with E-state index >= 15 is 0 Å². The van der Waals surface area contributed by atoms with Gasteiger partial charge in [0.15, 0.2) is 0 Å². The number of hydrogen-bond donors (Lipinski definition) is 2. The molecule has 1 saturated heterocycles. The van der Waals surface area contributed by atoms with Gasteiger partial charge < -0.3 is 5.11 Å². The number of carboxylic acids is 1. The molecule has 92 valence electrons. The van der Waals surface area contributed by atoms with E-state index in [1.807, 2.05) is 38.1 Å². The fraction of sp³-hybridized carbons (Fsp3) is 0.417. The highest BCUT2D eigenvalue weighted by Gasteiger charge is 2.45. The molecular formula is C12H14BrNO2S. The molecule has 3 nitrogen and oxygen atoms in total. The van der Waals surface area contributed by atoms with Crippen molar-refractivity contribution in [3.8, 4) is 0 Å². The SMILES string of the molecule is CC1(C)S[C@H](c2ccc(Br)cc2)N[C@@H]1C(=O)O. The molecule has 1 aromatic carbocycles. The van der Waals surface area contributed by atoms with Crippen molar-refractivity contribution in [3.05, 3.63) is 34.3 Å². The van der Waals surface area contributed by atoms with Crippen LogP contribution in [0.3, 0.4) is 0 Å². The quantitative estimate of drug-likeness (QED) is 0.880. The Morgan fingerprint density at radius 1 is 1.41 bits per heavy atom. The van der Waals surface area contributed by atoms with Crippen LogP contribution in [0.5, 0.6) is 0 Å². The number of carboxylic acid groups (broad SMARTS) is 1. The van der Waals surface area contributed by atoms with Crippen molar-refractivity contribution in [2.75, 3.05) is 0 Å². The molecule has 2 rings (SSSR count). The Balaban J connectivity index is 2.21. The van der Waals surface area contributed by atoms with Gasteiger partial charge >= 0.3 is 5.97 Å². The first-order valence-corrected chi connectivity index (χ1v) is 6.99. The Kier molecular flexibility index (Phi) is 3.52. The maximum atomic E-state index is 11.2. The normalized spacial score (nSPS) is 27.0. The van der Waals surface area contributed by atoms with Gasteiger partial charge in [-0.3, -0.25) is 10.1 Å². The van der Waals surface area contributed by atoms with Gasteiger partial charge in [-0.2, -0.15) is 0 Å². The third-order valence-corrected chi connectivity index (χ3v) is 4.87. The summed E-state index contributed by atoms with van der Waals surface area (Å²) in [5, 5.41) is 12.4. The second-order valence-corrected chi connectivity index (χ2v) is 7.27. The van der Waals surface area contributed by atoms with Gasteiger partial charge in [-0.05, 0) is 31.5 Å². The van der Waals surface area contributed by atoms with Crippen LogP contribution in [-0.2, 0) is 4.79 Å². The van der Waals surface area contributed by atoms with Crippen LogP contribution >= 0.6 is 27.7 Å². The molecule has 0 unspecified atom stereocenters. The second-order valence-electron chi connectivity index (χ2n) is 4.59. The van der Waals surface area contributed by atoms with Gasteiger partial charge in [0, 0.05) is 9.22 Å². The third kappa shape index (κ3) is 2.67. The standard InChI is InChI=1S/C12H14BrNO2S/c1-12(2)9(11(15)16)14-10(17-12)7-3-5-8(13)6-4-7/h3-6,9-10,14H,1-2H3,(H,15,16)/t9-,10-/m1/s1. The molecule has 2 atom stereocenters. The summed E-state index contributed by atoms with van der Waals surface area (Å²) in [5.74, 6) is -0.790. The lowest BCUT2D eigenvalue weighted by molar-refractivity contribution is -0.139. The van der Waals surface area contributed by atoms with Gasteiger partial charge in [0.1, 0.15) is 6.04 Å². The van der Waals surface area contributed by atoms with E-state index in [0.29, 0.717) is 0 Å². The van der Waals surface area contributed by atoms with E-state index < -0.39 is 12.0 Å². The average molecular weight is 316 g/mol. The van der Waals surface area contributed by atoms with E-state index in [1.165, 1.54) is 0 Å². The van der Waals surface area contributed by atoms with Crippen LogP contribution in [0.2, 0.25) is 0 Å². The van der Waals surface area contributed by atoms with Crippen LogP contribution in [-0.4, -0.2) is 21.9 Å². The summed E-state index contributed by atoms with van der Waals surface area (Å²) in [6.45, 7) is 3.92. The Morgan fingerprint density at radius 2 is 2.00 bits per heavy atom. The summed E-state index contributed by atoms with van der Waals surface area (Å²) in [5.41, 5.74) is 1.11. The van der Waals surface area contributed by atoms with E-state index in [0.717, 1.165) is 10.0 Å². The Labute approximate surface area is 113 Å². The third-order valence-electron chi connectivity index (χ3n) is 2.85. The number of thioether (sulfide) groups is 1. The number of nitrogens with one attached hydrogen (secondary N) is 1. The monoisotopic (exact) mass is 315 g/mol. The zero-order chi connectivity index (χ0) is 12.6. The average Bonchev–Trinajstić information content (AvgIpc) is 2.55. The molecule has 1 aliphatic heterocycles. The molecule has 0 aromatic heterocycles. The zero-order valence-electron chi connectivity index (χ0n) is 9.61. The van der Waals surface area contributed by atoms with Crippen LogP contribution in [0.25, 0.3) is 0 Å². The molecule has 1 aliphatic rings. The molecule has 17 heavy (non-hydrogen) atoms. The molecule has 5 heteroatoms. The van der Waals surface area contributed by atoms with Gasteiger partial charge in [-0.15, -0.1) is 11.8 Å². The summed E-state index contributed by atoms with van der Waals surface area (Å²) >= 11 is 5.05. The largest absolute Gasteiger partial charge is 0.480 e. The fourth-order valence-corrected chi connectivity index (χ4v) is 3.60. The highest BCUT2D eigenvalue weighted by molar-refractivity contribution is 9.10. The number of carbonyl (C=O) groups is 1. The number of hydrogen-bond acceptors (Lipinski definition) is 3. The summed E-state index contributed by atoms with van der Waals surface area (Å²) in [7, 11) is 0. The molecule has 0 saturated carbocycles. The molecule has 1 heterocycles. The minimum Gasteiger partial charge on any atom is -0.480 e. The molecule has 1 fully saturated rings. The van der Waals surface area contributed by atoms with Crippen LogP contribution in [0.4, 0.5) is 0 Å². The molecule has 2 N–H and O–H groups in total. The van der Waals surface area contributed by atoms with E-state index in [4.69, 9.17) is 0 Å². The number of rotatable bonds is 2. The zero-order valence-corrected chi connectivity index (χ0v) is 12.0. The van der Waals surface area contributed by atoms with Crippen LogP contribution in [0.1, 0.15) is 24.8 Å². The predicted octanol–water partition coefficient (Wildman–Crippen LogP) is 3.02. The van der Waals surface area contributed by atoms with Crippen molar-refractivity contribution < 1.29 is 9.90 Å². The minimum atomic E-state index is -0.790. The first-order valence-electron chi connectivity index (χ1n) is 5.32. The molecule has 1 aromatic rings. The number of halogens is 1. The van der Waals surface area contributed by atoms with Crippen LogP contribution in [0.15, 0.2) is 28.7 Å². The van der Waals surface area contributed by atoms with E-state index in [2.05, 4.69) is 21.2 Å². The highest BCUT2D eigenvalue weighted by Crippen LogP contribution is 2.45. The summed E-state index contributed by atoms with van der Waals surface area (Å²) in [6, 6.07) is 7.45. The molecule has 0 amide bonds. The van der Waals surface area contributed by atoms with E-state index in [9.17, 15) is 9.90 Å². The lowest BCUT2D eigenvalue weighted by Crippen LogP contribution is -2.43.